The Balaban J connectivity index is 1.15. The van der Waals surface area contributed by atoms with Gasteiger partial charge in [0.05, 0.1) is 0 Å². The molecule has 1 aromatic heterocycles. The first-order valence-corrected chi connectivity index (χ1v) is 16.8. The van der Waals surface area contributed by atoms with E-state index in [-0.39, 0.29) is 5.41 Å². The number of benzene rings is 7. The van der Waals surface area contributed by atoms with E-state index in [2.05, 4.69) is 141 Å². The quantitative estimate of drug-likeness (QED) is 0.191. The lowest BCUT2D eigenvalue weighted by molar-refractivity contribution is 0.661. The van der Waals surface area contributed by atoms with E-state index in [0.29, 0.717) is 17.5 Å². The molecule has 0 bridgehead atoms. The van der Waals surface area contributed by atoms with Gasteiger partial charge in [0.15, 0.2) is 17.5 Å². The number of hydrogen-bond acceptors (Lipinski definition) is 3. The molecule has 8 aromatic rings. The van der Waals surface area contributed by atoms with Crippen LogP contribution in [0.15, 0.2) is 164 Å². The Morgan fingerprint density at radius 2 is 0.878 bits per heavy atom. The summed E-state index contributed by atoms with van der Waals surface area (Å²) in [5.74, 6) is 1.95. The van der Waals surface area contributed by atoms with Crippen molar-refractivity contribution in [2.24, 2.45) is 0 Å². The highest BCUT2D eigenvalue weighted by atomic mass is 15.0. The average molecular weight is 628 g/mol. The zero-order valence-electron chi connectivity index (χ0n) is 27.4. The van der Waals surface area contributed by atoms with Crippen molar-refractivity contribution in [1.29, 1.82) is 0 Å². The van der Waals surface area contributed by atoms with E-state index in [1.165, 1.54) is 38.6 Å². The molecular weight excluding hydrogens is 595 g/mol. The predicted molar refractivity (Wildman–Crippen MR) is 202 cm³/mol. The Morgan fingerprint density at radius 3 is 1.55 bits per heavy atom. The van der Waals surface area contributed by atoms with Crippen molar-refractivity contribution in [1.82, 2.24) is 15.0 Å². The zero-order chi connectivity index (χ0) is 33.0. The van der Waals surface area contributed by atoms with Gasteiger partial charge in [0.25, 0.3) is 0 Å². The third-order valence-electron chi connectivity index (χ3n) is 9.91. The van der Waals surface area contributed by atoms with Crippen LogP contribution in [0.25, 0.3) is 78.3 Å². The van der Waals surface area contributed by atoms with Crippen LogP contribution >= 0.6 is 0 Å². The van der Waals surface area contributed by atoms with Gasteiger partial charge in [-0.25, -0.2) is 15.0 Å². The maximum absolute atomic E-state index is 5.08. The zero-order valence-corrected chi connectivity index (χ0v) is 27.4. The van der Waals surface area contributed by atoms with Crippen LogP contribution in [0, 0.1) is 0 Å². The van der Waals surface area contributed by atoms with Crippen molar-refractivity contribution in [3.8, 4) is 67.5 Å². The van der Waals surface area contributed by atoms with Gasteiger partial charge in [-0.3, -0.25) is 0 Å². The number of hydrogen-bond donors (Lipinski definition) is 0. The Morgan fingerprint density at radius 1 is 0.367 bits per heavy atom. The lowest BCUT2D eigenvalue weighted by Crippen LogP contribution is -2.15. The van der Waals surface area contributed by atoms with E-state index in [1.54, 1.807) is 0 Å². The number of rotatable bonds is 5. The van der Waals surface area contributed by atoms with Crippen molar-refractivity contribution in [3.63, 3.8) is 0 Å². The molecule has 0 N–H and O–H groups in total. The highest BCUT2D eigenvalue weighted by Gasteiger charge is 2.36. The van der Waals surface area contributed by atoms with Crippen molar-refractivity contribution in [2.45, 2.75) is 19.3 Å². The predicted octanol–water partition coefficient (Wildman–Crippen LogP) is 11.7. The fourth-order valence-electron chi connectivity index (χ4n) is 7.34. The molecule has 232 valence electrons. The van der Waals surface area contributed by atoms with Gasteiger partial charge in [0.1, 0.15) is 0 Å². The largest absolute Gasteiger partial charge is 0.208 e. The van der Waals surface area contributed by atoms with Crippen molar-refractivity contribution in [2.75, 3.05) is 0 Å². The van der Waals surface area contributed by atoms with Crippen molar-refractivity contribution in [3.05, 3.63) is 175 Å². The van der Waals surface area contributed by atoms with Gasteiger partial charge in [0, 0.05) is 22.1 Å². The Kier molecular flexibility index (Phi) is 6.80. The molecule has 3 nitrogen and oxygen atoms in total. The first kappa shape index (κ1) is 29.0. The van der Waals surface area contributed by atoms with Crippen LogP contribution in [-0.4, -0.2) is 15.0 Å². The molecule has 1 aliphatic rings. The smallest absolute Gasteiger partial charge is 0.164 e. The van der Waals surface area contributed by atoms with E-state index in [1.807, 2.05) is 36.4 Å². The number of aromatic nitrogens is 3. The first-order valence-electron chi connectivity index (χ1n) is 16.8. The van der Waals surface area contributed by atoms with Crippen LogP contribution in [0.1, 0.15) is 25.0 Å². The molecule has 1 aliphatic carbocycles. The molecule has 9 rings (SSSR count). The van der Waals surface area contributed by atoms with Crippen molar-refractivity contribution < 1.29 is 0 Å². The molecule has 0 unspecified atom stereocenters. The van der Waals surface area contributed by atoms with E-state index in [9.17, 15) is 0 Å². The molecular formula is C46H33N3. The maximum Gasteiger partial charge on any atom is 0.164 e. The highest BCUT2D eigenvalue weighted by molar-refractivity contribution is 6.02. The first-order chi connectivity index (χ1) is 24.0. The molecule has 49 heavy (non-hydrogen) atoms. The Bertz CT molecular complexity index is 2520. The average Bonchev–Trinajstić information content (AvgIpc) is 3.41. The van der Waals surface area contributed by atoms with Crippen LogP contribution in [0.2, 0.25) is 0 Å². The third kappa shape index (κ3) is 5.03. The minimum atomic E-state index is -0.107. The molecule has 7 aromatic carbocycles. The van der Waals surface area contributed by atoms with Gasteiger partial charge >= 0.3 is 0 Å². The molecule has 3 heteroatoms. The van der Waals surface area contributed by atoms with Crippen LogP contribution < -0.4 is 0 Å². The lowest BCUT2D eigenvalue weighted by Gasteiger charge is -2.22. The second-order valence-electron chi connectivity index (χ2n) is 13.3. The van der Waals surface area contributed by atoms with E-state index < -0.39 is 0 Å². The fraction of sp³-hybridized carbons (Fsp3) is 0.0652. The second-order valence-corrected chi connectivity index (χ2v) is 13.3. The summed E-state index contributed by atoms with van der Waals surface area (Å²) in [6.07, 6.45) is 0. The van der Waals surface area contributed by atoms with E-state index in [4.69, 9.17) is 15.0 Å². The van der Waals surface area contributed by atoms with E-state index >= 15 is 0 Å². The SMILES string of the molecule is CC1(C)c2cc(-c3cccc(-c4nc(-c5ccccc5)nc(-c5cccc(-c6ccccc6)c5)n4)c3)ccc2-c2c1ccc1ccccc21. The molecule has 0 amide bonds. The summed E-state index contributed by atoms with van der Waals surface area (Å²) < 4.78 is 0. The van der Waals surface area contributed by atoms with Crippen LogP contribution in [0.5, 0.6) is 0 Å². The standard InChI is InChI=1S/C46H33N3/c1-46(2)40-26-24-31-15-9-10-22-38(31)42(40)39-25-23-35(29-41(39)46)34-19-12-21-37(28-34)45-48-43(32-16-7-4-8-17-32)47-44(49-45)36-20-11-18-33(27-36)30-13-5-3-6-14-30/h3-29H,1-2H3. The summed E-state index contributed by atoms with van der Waals surface area (Å²) in [4.78, 5) is 15.1. The molecule has 0 saturated carbocycles. The Labute approximate surface area is 286 Å². The molecule has 1 heterocycles. The molecule has 0 aliphatic heterocycles. The molecule has 0 radical (unpaired) electrons. The third-order valence-corrected chi connectivity index (χ3v) is 9.91. The summed E-state index contributed by atoms with van der Waals surface area (Å²) in [6.45, 7) is 4.69. The maximum atomic E-state index is 5.08. The number of nitrogens with zero attached hydrogens (tertiary/aromatic N) is 3. The minimum absolute atomic E-state index is 0.107. The van der Waals surface area contributed by atoms with Gasteiger partial charge in [0.2, 0.25) is 0 Å². The normalized spacial score (nSPS) is 12.9. The topological polar surface area (TPSA) is 38.7 Å². The van der Waals surface area contributed by atoms with Gasteiger partial charge < -0.3 is 0 Å². The summed E-state index contributed by atoms with van der Waals surface area (Å²) in [6, 6.07) is 57.8. The molecule has 0 saturated heterocycles. The highest BCUT2D eigenvalue weighted by Crippen LogP contribution is 2.52. The van der Waals surface area contributed by atoms with Crippen molar-refractivity contribution >= 4 is 10.8 Å². The molecule has 0 atom stereocenters. The van der Waals surface area contributed by atoms with Gasteiger partial charge in [-0.2, -0.15) is 0 Å². The lowest BCUT2D eigenvalue weighted by atomic mass is 9.81. The van der Waals surface area contributed by atoms with Gasteiger partial charge in [-0.1, -0.05) is 159 Å². The molecule has 0 spiro atoms. The summed E-state index contributed by atoms with van der Waals surface area (Å²) >= 11 is 0. The minimum Gasteiger partial charge on any atom is -0.208 e. The Hall–Kier alpha value is -6.19. The summed E-state index contributed by atoms with van der Waals surface area (Å²) in [5, 5.41) is 2.59. The van der Waals surface area contributed by atoms with Crippen LogP contribution in [0.3, 0.4) is 0 Å². The monoisotopic (exact) mass is 627 g/mol. The van der Waals surface area contributed by atoms with Gasteiger partial charge in [-0.15, -0.1) is 0 Å². The number of fused-ring (bicyclic) bond motifs is 5. The van der Waals surface area contributed by atoms with Gasteiger partial charge in [-0.05, 0) is 73.5 Å². The van der Waals surface area contributed by atoms with Crippen LogP contribution in [-0.2, 0) is 5.41 Å². The second kappa shape index (κ2) is 11.5. The van der Waals surface area contributed by atoms with Crippen LogP contribution in [0.4, 0.5) is 0 Å². The van der Waals surface area contributed by atoms with E-state index in [0.717, 1.165) is 33.4 Å². The summed E-state index contributed by atoms with van der Waals surface area (Å²) in [7, 11) is 0. The molecule has 0 fully saturated rings. The summed E-state index contributed by atoms with van der Waals surface area (Å²) in [5.41, 5.74) is 12.8. The fourth-order valence-corrected chi connectivity index (χ4v) is 7.34.